The number of amides is 1. The van der Waals surface area contributed by atoms with E-state index in [4.69, 9.17) is 5.73 Å². The Hall–Kier alpha value is -2.41. The fourth-order valence-electron chi connectivity index (χ4n) is 1.90. The van der Waals surface area contributed by atoms with E-state index in [2.05, 4.69) is 10.3 Å². The van der Waals surface area contributed by atoms with Crippen LogP contribution in [-0.2, 0) is 4.79 Å². The zero-order chi connectivity index (χ0) is 16.3. The summed E-state index contributed by atoms with van der Waals surface area (Å²) in [5.74, 6) is -1.03. The van der Waals surface area contributed by atoms with Gasteiger partial charge in [-0.15, -0.1) is 0 Å². The molecule has 0 bridgehead atoms. The van der Waals surface area contributed by atoms with Crippen LogP contribution in [0.15, 0.2) is 24.3 Å². The van der Waals surface area contributed by atoms with Gasteiger partial charge in [-0.25, -0.2) is 9.78 Å². The van der Waals surface area contributed by atoms with Gasteiger partial charge < -0.3 is 16.2 Å². The number of nitrogen functional groups attached to an aromatic ring is 1. The number of carboxylic acids is 1. The van der Waals surface area contributed by atoms with Gasteiger partial charge >= 0.3 is 5.97 Å². The van der Waals surface area contributed by atoms with Crippen LogP contribution in [0.1, 0.15) is 29.9 Å². The molecule has 0 radical (unpaired) electrons. The first-order valence-corrected chi connectivity index (χ1v) is 7.58. The molecule has 0 spiro atoms. The number of benzene rings is 1. The molecule has 0 saturated heterocycles. The standard InChI is InChI=1S/C15H17N3O3S/c1-8(2)7-11(19)17-15-18-12(13(22-15)14(20)21)9-3-5-10(16)6-4-9/h3-6,8H,7,16H2,1-2H3,(H,20,21)(H,17,18,19). The molecule has 6 nitrogen and oxygen atoms in total. The van der Waals surface area contributed by atoms with Crippen molar-refractivity contribution in [3.63, 3.8) is 0 Å². The normalized spacial score (nSPS) is 10.7. The second-order valence-electron chi connectivity index (χ2n) is 5.27. The zero-order valence-electron chi connectivity index (χ0n) is 12.3. The lowest BCUT2D eigenvalue weighted by atomic mass is 10.1. The maximum atomic E-state index is 11.8. The molecular formula is C15H17N3O3S. The van der Waals surface area contributed by atoms with Crippen molar-refractivity contribution in [2.45, 2.75) is 20.3 Å². The maximum absolute atomic E-state index is 11.8. The van der Waals surface area contributed by atoms with Crippen molar-refractivity contribution >= 4 is 34.0 Å². The highest BCUT2D eigenvalue weighted by Gasteiger charge is 2.20. The molecule has 4 N–H and O–H groups in total. The Labute approximate surface area is 132 Å². The SMILES string of the molecule is CC(C)CC(=O)Nc1nc(-c2ccc(N)cc2)c(C(=O)O)s1. The van der Waals surface area contributed by atoms with Crippen LogP contribution in [0, 0.1) is 5.92 Å². The van der Waals surface area contributed by atoms with Gasteiger partial charge in [-0.3, -0.25) is 4.79 Å². The van der Waals surface area contributed by atoms with Crippen LogP contribution < -0.4 is 11.1 Å². The van der Waals surface area contributed by atoms with E-state index in [-0.39, 0.29) is 21.8 Å². The molecule has 1 aromatic heterocycles. The number of aromatic nitrogens is 1. The number of hydrogen-bond donors (Lipinski definition) is 3. The van der Waals surface area contributed by atoms with E-state index in [1.165, 1.54) is 0 Å². The van der Waals surface area contributed by atoms with E-state index < -0.39 is 5.97 Å². The molecule has 22 heavy (non-hydrogen) atoms. The average Bonchev–Trinajstić information content (AvgIpc) is 2.82. The molecule has 0 aliphatic heterocycles. The van der Waals surface area contributed by atoms with Gasteiger partial charge in [0.2, 0.25) is 5.91 Å². The van der Waals surface area contributed by atoms with E-state index in [0.717, 1.165) is 11.3 Å². The van der Waals surface area contributed by atoms with E-state index in [1.54, 1.807) is 24.3 Å². The van der Waals surface area contributed by atoms with Gasteiger partial charge in [0.1, 0.15) is 4.88 Å². The molecule has 0 aliphatic rings. The van der Waals surface area contributed by atoms with Gasteiger partial charge in [0, 0.05) is 17.7 Å². The molecule has 7 heteroatoms. The molecule has 0 atom stereocenters. The van der Waals surface area contributed by atoms with Gasteiger partial charge in [-0.2, -0.15) is 0 Å². The second kappa shape index (κ2) is 6.57. The van der Waals surface area contributed by atoms with E-state index >= 15 is 0 Å². The van der Waals surface area contributed by atoms with Crippen LogP contribution in [0.4, 0.5) is 10.8 Å². The summed E-state index contributed by atoms with van der Waals surface area (Å²) in [4.78, 5) is 27.5. The minimum atomic E-state index is -1.08. The second-order valence-corrected chi connectivity index (χ2v) is 6.27. The van der Waals surface area contributed by atoms with Crippen molar-refractivity contribution in [2.24, 2.45) is 5.92 Å². The first-order valence-electron chi connectivity index (χ1n) is 6.76. The number of carbonyl (C=O) groups excluding carboxylic acids is 1. The molecule has 0 unspecified atom stereocenters. The van der Waals surface area contributed by atoms with Crippen LogP contribution in [0.2, 0.25) is 0 Å². The van der Waals surface area contributed by atoms with Crippen LogP contribution in [0.3, 0.4) is 0 Å². The Morgan fingerprint density at radius 1 is 1.32 bits per heavy atom. The average molecular weight is 319 g/mol. The van der Waals surface area contributed by atoms with Crippen molar-refractivity contribution in [1.82, 2.24) is 4.98 Å². The van der Waals surface area contributed by atoms with Crippen molar-refractivity contribution in [1.29, 1.82) is 0 Å². The number of nitrogens with two attached hydrogens (primary N) is 1. The monoisotopic (exact) mass is 319 g/mol. The van der Waals surface area contributed by atoms with Crippen molar-refractivity contribution < 1.29 is 14.7 Å². The highest BCUT2D eigenvalue weighted by atomic mass is 32.1. The molecule has 116 valence electrons. The largest absolute Gasteiger partial charge is 0.477 e. The van der Waals surface area contributed by atoms with Gasteiger partial charge in [0.25, 0.3) is 0 Å². The number of nitrogens with zero attached hydrogens (tertiary/aromatic N) is 1. The quantitative estimate of drug-likeness (QED) is 0.734. The van der Waals surface area contributed by atoms with Crippen LogP contribution in [0.5, 0.6) is 0 Å². The Balaban J connectivity index is 2.32. The van der Waals surface area contributed by atoms with Crippen molar-refractivity contribution in [3.05, 3.63) is 29.1 Å². The molecule has 0 saturated carbocycles. The molecule has 0 aliphatic carbocycles. The van der Waals surface area contributed by atoms with E-state index in [0.29, 0.717) is 23.4 Å². The third kappa shape index (κ3) is 3.82. The fraction of sp³-hybridized carbons (Fsp3) is 0.267. The van der Waals surface area contributed by atoms with Gasteiger partial charge in [-0.1, -0.05) is 37.3 Å². The van der Waals surface area contributed by atoms with Gasteiger partial charge in [0.05, 0.1) is 5.69 Å². The Bertz CT molecular complexity index is 693. The minimum Gasteiger partial charge on any atom is -0.477 e. The number of nitrogens with one attached hydrogen (secondary N) is 1. The predicted molar refractivity (Wildman–Crippen MR) is 87.0 cm³/mol. The van der Waals surface area contributed by atoms with E-state index in [1.807, 2.05) is 13.8 Å². The number of hydrogen-bond acceptors (Lipinski definition) is 5. The topological polar surface area (TPSA) is 105 Å². The van der Waals surface area contributed by atoms with Crippen LogP contribution >= 0.6 is 11.3 Å². The third-order valence-corrected chi connectivity index (χ3v) is 3.80. The lowest BCUT2D eigenvalue weighted by Gasteiger charge is -2.03. The van der Waals surface area contributed by atoms with Gasteiger partial charge in [0.15, 0.2) is 5.13 Å². The molecule has 1 aromatic carbocycles. The number of aromatic carboxylic acids is 1. The molecule has 2 rings (SSSR count). The molecule has 0 fully saturated rings. The smallest absolute Gasteiger partial charge is 0.348 e. The summed E-state index contributed by atoms with van der Waals surface area (Å²) < 4.78 is 0. The summed E-state index contributed by atoms with van der Waals surface area (Å²) in [6, 6.07) is 6.77. The third-order valence-electron chi connectivity index (χ3n) is 2.85. The van der Waals surface area contributed by atoms with Crippen LogP contribution in [-0.4, -0.2) is 22.0 Å². The molecular weight excluding hydrogens is 302 g/mol. The Morgan fingerprint density at radius 3 is 2.50 bits per heavy atom. The summed E-state index contributed by atoms with van der Waals surface area (Å²) in [5, 5.41) is 12.2. The summed E-state index contributed by atoms with van der Waals surface area (Å²) in [6.07, 6.45) is 0.360. The molecule has 2 aromatic rings. The predicted octanol–water partition coefficient (Wildman–Crippen LogP) is 3.08. The maximum Gasteiger partial charge on any atom is 0.348 e. The minimum absolute atomic E-state index is 0.0876. The molecule has 1 amide bonds. The summed E-state index contributed by atoms with van der Waals surface area (Å²) in [5.41, 5.74) is 7.19. The first-order chi connectivity index (χ1) is 10.4. The lowest BCUT2D eigenvalue weighted by molar-refractivity contribution is -0.116. The van der Waals surface area contributed by atoms with Crippen molar-refractivity contribution in [3.8, 4) is 11.3 Å². The Morgan fingerprint density at radius 2 is 1.95 bits per heavy atom. The number of carbonyl (C=O) groups is 2. The van der Waals surface area contributed by atoms with E-state index in [9.17, 15) is 14.7 Å². The fourth-order valence-corrected chi connectivity index (χ4v) is 2.74. The van der Waals surface area contributed by atoms with Crippen LogP contribution in [0.25, 0.3) is 11.3 Å². The number of rotatable bonds is 5. The highest BCUT2D eigenvalue weighted by molar-refractivity contribution is 7.18. The van der Waals surface area contributed by atoms with Gasteiger partial charge in [-0.05, 0) is 18.1 Å². The Kier molecular flexibility index (Phi) is 4.77. The zero-order valence-corrected chi connectivity index (χ0v) is 13.1. The summed E-state index contributed by atoms with van der Waals surface area (Å²) >= 11 is 0.948. The number of anilines is 2. The highest BCUT2D eigenvalue weighted by Crippen LogP contribution is 2.31. The van der Waals surface area contributed by atoms with Crippen molar-refractivity contribution in [2.75, 3.05) is 11.1 Å². The first kappa shape index (κ1) is 16.0. The lowest BCUT2D eigenvalue weighted by Crippen LogP contribution is -2.13. The number of thiazole rings is 1. The summed E-state index contributed by atoms with van der Waals surface area (Å²) in [6.45, 7) is 3.87. The molecule has 1 heterocycles. The number of carboxylic acid groups (broad SMARTS) is 1. The summed E-state index contributed by atoms with van der Waals surface area (Å²) in [7, 11) is 0.